The first-order chi connectivity index (χ1) is 14.7. The molecule has 8 heteroatoms. The van der Waals surface area contributed by atoms with E-state index >= 15 is 0 Å². The lowest BCUT2D eigenvalue weighted by atomic mass is 10.0. The van der Waals surface area contributed by atoms with Crippen molar-refractivity contribution in [2.24, 2.45) is 0 Å². The minimum Gasteiger partial charge on any atom is -0.352 e. The van der Waals surface area contributed by atoms with Gasteiger partial charge in [-0.3, -0.25) is 19.4 Å². The molecule has 4 rings (SSSR count). The zero-order chi connectivity index (χ0) is 20.8. The van der Waals surface area contributed by atoms with Gasteiger partial charge in [0, 0.05) is 26.1 Å². The standard InChI is InChI=1S/C22H27N5OS2/c28-20(10-13-27-21(24-25-22(27)29)19-9-6-14-30-19)23-15-17-7-2-3-8-18(17)16-26-11-4-1-5-12-26/h2-3,6-9,14H,1,4-5,10-13,15-16H2,(H,23,28)(H,25,29). The van der Waals surface area contributed by atoms with Crippen LogP contribution < -0.4 is 5.32 Å². The van der Waals surface area contributed by atoms with Crippen molar-refractivity contribution in [1.29, 1.82) is 0 Å². The van der Waals surface area contributed by atoms with Gasteiger partial charge in [-0.05, 0) is 60.7 Å². The zero-order valence-electron chi connectivity index (χ0n) is 17.0. The second-order valence-corrected chi connectivity index (χ2v) is 8.95. The lowest BCUT2D eigenvalue weighted by Gasteiger charge is -2.27. The van der Waals surface area contributed by atoms with Crippen LogP contribution in [0, 0.1) is 4.77 Å². The molecule has 1 saturated heterocycles. The van der Waals surface area contributed by atoms with Gasteiger partial charge in [-0.2, -0.15) is 5.10 Å². The molecule has 30 heavy (non-hydrogen) atoms. The van der Waals surface area contributed by atoms with Crippen molar-refractivity contribution in [3.63, 3.8) is 0 Å². The van der Waals surface area contributed by atoms with E-state index in [1.165, 1.54) is 43.5 Å². The van der Waals surface area contributed by atoms with Crippen LogP contribution in [0.25, 0.3) is 10.7 Å². The molecule has 1 aliphatic rings. The summed E-state index contributed by atoms with van der Waals surface area (Å²) in [6, 6.07) is 12.4. The number of hydrogen-bond donors (Lipinski definition) is 2. The number of likely N-dealkylation sites (tertiary alicyclic amines) is 1. The van der Waals surface area contributed by atoms with Crippen molar-refractivity contribution in [3.05, 3.63) is 57.7 Å². The van der Waals surface area contributed by atoms with Crippen LogP contribution in [0.5, 0.6) is 0 Å². The van der Waals surface area contributed by atoms with Crippen LogP contribution in [0.15, 0.2) is 41.8 Å². The lowest BCUT2D eigenvalue weighted by Crippen LogP contribution is -2.30. The summed E-state index contributed by atoms with van der Waals surface area (Å²) in [5.41, 5.74) is 2.49. The van der Waals surface area contributed by atoms with E-state index in [0.29, 0.717) is 24.3 Å². The van der Waals surface area contributed by atoms with E-state index in [4.69, 9.17) is 12.2 Å². The Bertz CT molecular complexity index is 1020. The molecule has 0 spiro atoms. The maximum absolute atomic E-state index is 12.5. The van der Waals surface area contributed by atoms with E-state index < -0.39 is 0 Å². The van der Waals surface area contributed by atoms with E-state index in [0.717, 1.165) is 17.2 Å². The molecule has 1 aromatic carbocycles. The fourth-order valence-electron chi connectivity index (χ4n) is 3.86. The Morgan fingerprint density at radius 1 is 1.13 bits per heavy atom. The van der Waals surface area contributed by atoms with Crippen molar-refractivity contribution in [2.75, 3.05) is 13.1 Å². The molecule has 1 aliphatic heterocycles. The number of rotatable bonds is 8. The van der Waals surface area contributed by atoms with Gasteiger partial charge in [-0.1, -0.05) is 36.8 Å². The topological polar surface area (TPSA) is 66.0 Å². The van der Waals surface area contributed by atoms with Crippen molar-refractivity contribution < 1.29 is 4.79 Å². The van der Waals surface area contributed by atoms with E-state index in [1.807, 2.05) is 28.1 Å². The third kappa shape index (κ3) is 5.24. The fourth-order valence-corrected chi connectivity index (χ4v) is 4.80. The predicted octanol–water partition coefficient (Wildman–Crippen LogP) is 4.36. The summed E-state index contributed by atoms with van der Waals surface area (Å²) in [6.45, 7) is 4.35. The quantitative estimate of drug-likeness (QED) is 0.510. The molecular formula is C22H27N5OS2. The monoisotopic (exact) mass is 441 g/mol. The Morgan fingerprint density at radius 3 is 2.70 bits per heavy atom. The van der Waals surface area contributed by atoms with Gasteiger partial charge < -0.3 is 5.32 Å². The van der Waals surface area contributed by atoms with E-state index in [2.05, 4.69) is 38.6 Å². The highest BCUT2D eigenvalue weighted by Gasteiger charge is 2.14. The van der Waals surface area contributed by atoms with Crippen LogP contribution in [-0.4, -0.2) is 38.7 Å². The molecule has 1 amide bonds. The Morgan fingerprint density at radius 2 is 1.93 bits per heavy atom. The van der Waals surface area contributed by atoms with E-state index in [1.54, 1.807) is 11.3 Å². The van der Waals surface area contributed by atoms with Gasteiger partial charge in [0.15, 0.2) is 10.6 Å². The summed E-state index contributed by atoms with van der Waals surface area (Å²) in [6.07, 6.45) is 4.26. The largest absolute Gasteiger partial charge is 0.352 e. The minimum atomic E-state index is 0.0167. The third-order valence-electron chi connectivity index (χ3n) is 5.50. The zero-order valence-corrected chi connectivity index (χ0v) is 18.6. The number of carbonyl (C=O) groups is 1. The first kappa shape index (κ1) is 21.0. The summed E-state index contributed by atoms with van der Waals surface area (Å²) < 4.78 is 2.43. The molecule has 1 fully saturated rings. The van der Waals surface area contributed by atoms with Crippen molar-refractivity contribution in [2.45, 2.75) is 45.3 Å². The fraction of sp³-hybridized carbons (Fsp3) is 0.409. The first-order valence-electron chi connectivity index (χ1n) is 10.5. The smallest absolute Gasteiger partial charge is 0.222 e. The molecule has 0 aliphatic carbocycles. The number of nitrogens with one attached hydrogen (secondary N) is 2. The highest BCUT2D eigenvalue weighted by molar-refractivity contribution is 7.71. The first-order valence-corrected chi connectivity index (χ1v) is 11.7. The molecule has 0 radical (unpaired) electrons. The molecule has 0 atom stereocenters. The Kier molecular flexibility index (Phi) is 7.09. The number of carbonyl (C=O) groups excluding carboxylic acids is 1. The van der Waals surface area contributed by atoms with E-state index in [9.17, 15) is 4.79 Å². The highest BCUT2D eigenvalue weighted by atomic mass is 32.1. The van der Waals surface area contributed by atoms with Gasteiger partial charge in [-0.25, -0.2) is 0 Å². The number of benzene rings is 1. The molecule has 0 bridgehead atoms. The second kappa shape index (κ2) is 10.1. The van der Waals surface area contributed by atoms with Gasteiger partial charge in [0.05, 0.1) is 4.88 Å². The number of aromatic nitrogens is 3. The van der Waals surface area contributed by atoms with Crippen LogP contribution in [-0.2, 0) is 24.4 Å². The maximum atomic E-state index is 12.5. The van der Waals surface area contributed by atoms with Gasteiger partial charge in [0.25, 0.3) is 0 Å². The van der Waals surface area contributed by atoms with Gasteiger partial charge in [0.2, 0.25) is 5.91 Å². The van der Waals surface area contributed by atoms with Gasteiger partial charge in [-0.15, -0.1) is 11.3 Å². The van der Waals surface area contributed by atoms with Crippen LogP contribution in [0.1, 0.15) is 36.8 Å². The SMILES string of the molecule is O=C(CCn1c(-c2cccs2)n[nH]c1=S)NCc1ccccc1CN1CCCCC1. The average molecular weight is 442 g/mol. The number of piperidine rings is 1. The Balaban J connectivity index is 1.33. The summed E-state index contributed by atoms with van der Waals surface area (Å²) in [7, 11) is 0. The van der Waals surface area contributed by atoms with E-state index in [-0.39, 0.29) is 5.91 Å². The highest BCUT2D eigenvalue weighted by Crippen LogP contribution is 2.23. The molecule has 2 aromatic heterocycles. The van der Waals surface area contributed by atoms with Crippen LogP contribution in [0.2, 0.25) is 0 Å². The third-order valence-corrected chi connectivity index (χ3v) is 6.68. The molecule has 3 heterocycles. The molecule has 0 unspecified atom stereocenters. The number of H-pyrrole nitrogens is 1. The molecule has 158 valence electrons. The van der Waals surface area contributed by atoms with Gasteiger partial charge in [0.1, 0.15) is 0 Å². The summed E-state index contributed by atoms with van der Waals surface area (Å²) in [5, 5.41) is 12.2. The molecule has 6 nitrogen and oxygen atoms in total. The molecule has 2 N–H and O–H groups in total. The van der Waals surface area contributed by atoms with Crippen molar-refractivity contribution in [3.8, 4) is 10.7 Å². The van der Waals surface area contributed by atoms with Crippen LogP contribution in [0.3, 0.4) is 0 Å². The van der Waals surface area contributed by atoms with Crippen molar-refractivity contribution in [1.82, 2.24) is 25.0 Å². The number of nitrogens with zero attached hydrogens (tertiary/aromatic N) is 3. The number of aromatic amines is 1. The molecule has 3 aromatic rings. The number of amides is 1. The minimum absolute atomic E-state index is 0.0167. The van der Waals surface area contributed by atoms with Crippen LogP contribution in [0.4, 0.5) is 0 Å². The molecular weight excluding hydrogens is 414 g/mol. The summed E-state index contributed by atoms with van der Waals surface area (Å²) >= 11 is 6.95. The average Bonchev–Trinajstić information content (AvgIpc) is 3.42. The second-order valence-electron chi connectivity index (χ2n) is 7.61. The Labute approximate surface area is 185 Å². The van der Waals surface area contributed by atoms with Gasteiger partial charge >= 0.3 is 0 Å². The number of thiophene rings is 1. The van der Waals surface area contributed by atoms with Crippen molar-refractivity contribution >= 4 is 29.5 Å². The van der Waals surface area contributed by atoms with Crippen LogP contribution >= 0.6 is 23.6 Å². The predicted molar refractivity (Wildman–Crippen MR) is 123 cm³/mol. The normalized spacial score (nSPS) is 14.7. The maximum Gasteiger partial charge on any atom is 0.222 e. The lowest BCUT2D eigenvalue weighted by molar-refractivity contribution is -0.121. The Hall–Kier alpha value is -2.29. The number of hydrogen-bond acceptors (Lipinski definition) is 5. The summed E-state index contributed by atoms with van der Waals surface area (Å²) in [5.74, 6) is 0.803. The molecule has 0 saturated carbocycles. The summed E-state index contributed by atoms with van der Waals surface area (Å²) in [4.78, 5) is 16.1.